The predicted octanol–water partition coefficient (Wildman–Crippen LogP) is 2.83. The molecular weight excluding hydrogens is 775 g/mol. The lowest BCUT2D eigenvalue weighted by Gasteiger charge is -2.36. The molecule has 0 radical (unpaired) electrons. The number of anilines is 1. The van der Waals surface area contributed by atoms with Gasteiger partial charge in [0.05, 0.1) is 15.4 Å². The Morgan fingerprint density at radius 1 is 0.750 bits per heavy atom. The summed E-state index contributed by atoms with van der Waals surface area (Å²) in [5, 5.41) is 12.0. The van der Waals surface area contributed by atoms with E-state index in [2.05, 4.69) is 19.2 Å². The van der Waals surface area contributed by atoms with E-state index in [1.165, 1.54) is 12.1 Å². The largest absolute Gasteiger partial charge is 0.370 e. The van der Waals surface area contributed by atoms with E-state index in [9.17, 15) is 57.1 Å². The number of rotatable bonds is 9. The van der Waals surface area contributed by atoms with Gasteiger partial charge in [0.15, 0.2) is 12.3 Å². The monoisotopic (exact) mass is 806 g/mol. The number of benzene rings is 3. The minimum absolute atomic E-state index is 0.0544. The van der Waals surface area contributed by atoms with Crippen molar-refractivity contribution in [1.29, 1.82) is 5.26 Å². The quantitative estimate of drug-likeness (QED) is 0.138. The molecule has 3 aromatic rings. The highest BCUT2D eigenvalue weighted by atomic mass is 32.2. The molecule has 0 atom stereocenters. The number of nitriles is 1. The highest BCUT2D eigenvalue weighted by molar-refractivity contribution is 7.87. The van der Waals surface area contributed by atoms with Crippen molar-refractivity contribution in [1.82, 2.24) is 0 Å². The van der Waals surface area contributed by atoms with Crippen LogP contribution in [0.15, 0.2) is 103 Å². The van der Waals surface area contributed by atoms with E-state index in [1.807, 2.05) is 12.1 Å². The number of nitrogens with zero attached hydrogens (tertiary/aromatic N) is 3. The van der Waals surface area contributed by atoms with Gasteiger partial charge in [0.25, 0.3) is 40.5 Å². The van der Waals surface area contributed by atoms with Gasteiger partial charge in [0, 0.05) is 37.0 Å². The summed E-state index contributed by atoms with van der Waals surface area (Å²) in [6.45, 7) is 3.94. The topological polar surface area (TPSA) is 248 Å². The van der Waals surface area contributed by atoms with Gasteiger partial charge in [-0.2, -0.15) is 38.9 Å². The molecular formula is C32H32N3O12S4Si+. The van der Waals surface area contributed by atoms with Crippen LogP contribution in [0.3, 0.4) is 0 Å². The molecule has 5 rings (SSSR count). The molecule has 3 aromatic carbocycles. The molecule has 0 fully saturated rings. The van der Waals surface area contributed by atoms with E-state index in [1.54, 1.807) is 47.9 Å². The second-order valence-electron chi connectivity index (χ2n) is 12.7. The van der Waals surface area contributed by atoms with Crippen LogP contribution in [0.2, 0.25) is 13.1 Å². The molecule has 2 aliphatic rings. The average molecular weight is 807 g/mol. The first-order chi connectivity index (χ1) is 23.8. The minimum atomic E-state index is -4.89. The number of hydrogen-bond donors (Lipinski definition) is 4. The molecule has 0 aromatic heterocycles. The van der Waals surface area contributed by atoms with Crippen LogP contribution in [-0.2, 0) is 53.6 Å². The molecule has 274 valence electrons. The third-order valence-electron chi connectivity index (χ3n) is 8.93. The normalized spacial score (nSPS) is 16.8. The van der Waals surface area contributed by atoms with Crippen LogP contribution in [0.1, 0.15) is 16.7 Å². The fourth-order valence-electron chi connectivity index (χ4n) is 6.25. The maximum Gasteiger partial charge on any atom is 0.295 e. The van der Waals surface area contributed by atoms with Crippen molar-refractivity contribution in [2.75, 3.05) is 19.0 Å². The fraction of sp³-hybridized carbons (Fsp3) is 0.188. The van der Waals surface area contributed by atoms with Crippen molar-refractivity contribution in [3.05, 3.63) is 100 Å². The predicted molar refractivity (Wildman–Crippen MR) is 192 cm³/mol. The van der Waals surface area contributed by atoms with Gasteiger partial charge >= 0.3 is 0 Å². The van der Waals surface area contributed by atoms with Crippen molar-refractivity contribution in [2.24, 2.45) is 0 Å². The summed E-state index contributed by atoms with van der Waals surface area (Å²) in [6.07, 6.45) is 5.41. The van der Waals surface area contributed by atoms with E-state index in [0.717, 1.165) is 22.5 Å². The first kappa shape index (κ1) is 38.9. The summed E-state index contributed by atoms with van der Waals surface area (Å²) < 4.78 is 135. The highest BCUT2D eigenvalue weighted by Crippen LogP contribution is 2.39. The van der Waals surface area contributed by atoms with Crippen LogP contribution in [0.5, 0.6) is 0 Å². The summed E-state index contributed by atoms with van der Waals surface area (Å²) in [6, 6.07) is 13.5. The van der Waals surface area contributed by atoms with Crippen molar-refractivity contribution >= 4 is 70.7 Å². The van der Waals surface area contributed by atoms with Gasteiger partial charge < -0.3 is 4.90 Å². The third kappa shape index (κ3) is 7.59. The summed E-state index contributed by atoms with van der Waals surface area (Å²) in [5.41, 5.74) is 3.15. The van der Waals surface area contributed by atoms with Crippen molar-refractivity contribution < 1.29 is 56.5 Å². The zero-order valence-electron chi connectivity index (χ0n) is 27.9. The maximum atomic E-state index is 12.2. The fourth-order valence-corrected chi connectivity index (χ4v) is 12.0. The molecule has 0 saturated carbocycles. The molecule has 0 amide bonds. The average Bonchev–Trinajstić information content (AvgIpc) is 3.03. The Kier molecular flexibility index (Phi) is 9.94. The lowest BCUT2D eigenvalue weighted by molar-refractivity contribution is -0.512. The first-order valence-electron chi connectivity index (χ1n) is 15.0. The van der Waals surface area contributed by atoms with Crippen LogP contribution in [0.4, 0.5) is 5.69 Å². The van der Waals surface area contributed by atoms with Crippen LogP contribution in [-0.4, -0.2) is 84.3 Å². The zero-order chi connectivity index (χ0) is 38.8. The SMILES string of the molecule is CN(Cc1ccc(S(=O)(=O)O)cc1S(=O)(=O)O)c1ccc2c(c1)[Si](C)(C)C1=CC(=[N+](C)Cc3ccc(S(=O)(=O)O)cc3S(=O)(=O)O)C=CC1=C2C#N. The molecule has 0 saturated heterocycles. The van der Waals surface area contributed by atoms with Gasteiger partial charge in [0.1, 0.15) is 31.0 Å². The molecule has 52 heavy (non-hydrogen) atoms. The molecule has 0 bridgehead atoms. The maximum absolute atomic E-state index is 12.2. The highest BCUT2D eigenvalue weighted by Gasteiger charge is 2.40. The van der Waals surface area contributed by atoms with Crippen LogP contribution >= 0.6 is 0 Å². The van der Waals surface area contributed by atoms with E-state index >= 15 is 0 Å². The molecule has 1 aliphatic carbocycles. The van der Waals surface area contributed by atoms with E-state index in [-0.39, 0.29) is 24.2 Å². The number of hydrogen-bond acceptors (Lipinski definition) is 10. The van der Waals surface area contributed by atoms with Gasteiger partial charge in [-0.25, -0.2) is 4.58 Å². The van der Waals surface area contributed by atoms with E-state index in [0.29, 0.717) is 40.2 Å². The first-order valence-corrected chi connectivity index (χ1v) is 23.7. The van der Waals surface area contributed by atoms with Gasteiger partial charge in [0.2, 0.25) is 0 Å². The summed E-state index contributed by atoms with van der Waals surface area (Å²) in [5.74, 6) is 0. The minimum Gasteiger partial charge on any atom is -0.370 e. The number of allylic oxidation sites excluding steroid dienone is 6. The Bertz CT molecular complexity index is 2690. The third-order valence-corrected chi connectivity index (χ3v) is 16.0. The van der Waals surface area contributed by atoms with Gasteiger partial charge in [-0.05, 0) is 75.6 Å². The molecule has 15 nitrogen and oxygen atoms in total. The summed E-state index contributed by atoms with van der Waals surface area (Å²) in [4.78, 5) is -1.11. The van der Waals surface area contributed by atoms with Crippen LogP contribution < -0.4 is 10.1 Å². The van der Waals surface area contributed by atoms with Crippen molar-refractivity contribution in [3.63, 3.8) is 0 Å². The zero-order valence-corrected chi connectivity index (χ0v) is 32.1. The van der Waals surface area contributed by atoms with E-state index < -0.39 is 68.1 Å². The van der Waals surface area contributed by atoms with Crippen LogP contribution in [0, 0.1) is 11.3 Å². The second kappa shape index (κ2) is 13.3. The summed E-state index contributed by atoms with van der Waals surface area (Å²) in [7, 11) is -18.6. The van der Waals surface area contributed by atoms with Crippen LogP contribution in [0.25, 0.3) is 5.57 Å². The second-order valence-corrected chi connectivity index (χ2v) is 22.7. The van der Waals surface area contributed by atoms with Gasteiger partial charge in [-0.3, -0.25) is 18.2 Å². The van der Waals surface area contributed by atoms with Gasteiger partial charge in [-0.15, -0.1) is 0 Å². The Morgan fingerprint density at radius 2 is 1.29 bits per heavy atom. The Morgan fingerprint density at radius 3 is 1.81 bits per heavy atom. The smallest absolute Gasteiger partial charge is 0.295 e. The standard InChI is InChI=1S/C32H31N3O12S4Si/c1-34(18-20-5-9-24(48(36,37)38)15-29(20)50(42,43)44)22-7-11-26-28(17-33)27-12-8-23(14-32(27)52(3,4)31(26)13-22)35(2)19-21-6-10-25(49(39,40)41)16-30(21)51(45,46)47/h5-16H,18-19H2,1-4H3,(H3-,36,37,38,39,40,41,42,43,44,45,46,47)/p+1. The van der Waals surface area contributed by atoms with Crippen molar-refractivity contribution in [3.8, 4) is 6.07 Å². The molecule has 0 spiro atoms. The Hall–Kier alpha value is -4.30. The Balaban J connectivity index is 1.56. The molecule has 1 aliphatic heterocycles. The Labute approximate surface area is 302 Å². The molecule has 0 unspecified atom stereocenters. The molecule has 4 N–H and O–H groups in total. The lowest BCUT2D eigenvalue weighted by Crippen LogP contribution is -2.49. The number of fused-ring (bicyclic) bond motifs is 2. The van der Waals surface area contributed by atoms with E-state index in [4.69, 9.17) is 0 Å². The molecule has 20 heteroatoms. The van der Waals surface area contributed by atoms with Gasteiger partial charge in [-0.1, -0.05) is 25.2 Å². The molecule has 1 heterocycles. The lowest BCUT2D eigenvalue weighted by atomic mass is 9.95. The van der Waals surface area contributed by atoms with Crippen molar-refractivity contribution in [2.45, 2.75) is 45.8 Å². The summed E-state index contributed by atoms with van der Waals surface area (Å²) >= 11 is 0.